The lowest BCUT2D eigenvalue weighted by Gasteiger charge is -2.67. The van der Waals surface area contributed by atoms with Gasteiger partial charge in [-0.15, -0.1) is 23.5 Å². The second-order valence-corrected chi connectivity index (χ2v) is 11.9. The van der Waals surface area contributed by atoms with Gasteiger partial charge in [-0.05, 0) is 37.0 Å². The number of fused-ring (bicyclic) bond motifs is 1. The monoisotopic (exact) mass is 316 g/mol. The van der Waals surface area contributed by atoms with Crippen LogP contribution in [0.4, 0.5) is 0 Å². The zero-order valence-corrected chi connectivity index (χ0v) is 14.0. The highest BCUT2D eigenvalue weighted by Gasteiger charge is 2.64. The van der Waals surface area contributed by atoms with Gasteiger partial charge in [0.25, 0.3) is 4.06 Å². The van der Waals surface area contributed by atoms with E-state index in [1.165, 1.54) is 43.9 Å². The van der Waals surface area contributed by atoms with E-state index in [1.54, 1.807) is 0 Å². The third-order valence-electron chi connectivity index (χ3n) is 5.38. The van der Waals surface area contributed by atoms with E-state index in [0.29, 0.717) is 10.2 Å². The van der Waals surface area contributed by atoms with Gasteiger partial charge in [-0.2, -0.15) is 0 Å². The molecule has 3 fully saturated rings. The first-order chi connectivity index (χ1) is 8.41. The van der Waals surface area contributed by atoms with E-state index in [-0.39, 0.29) is 4.06 Å². The van der Waals surface area contributed by atoms with E-state index >= 15 is 0 Å². The topological polar surface area (TPSA) is 17.1 Å². The van der Waals surface area contributed by atoms with E-state index in [0.717, 1.165) is 17.1 Å². The summed E-state index contributed by atoms with van der Waals surface area (Å²) in [5, 5.41) is 0.719. The lowest BCUT2D eigenvalue weighted by atomic mass is 9.45. The molecule has 0 unspecified atom stereocenters. The average molecular weight is 317 g/mol. The summed E-state index contributed by atoms with van der Waals surface area (Å²) in [5.74, 6) is 1.73. The summed E-state index contributed by atoms with van der Waals surface area (Å²) in [5.41, 5.74) is 0.511. The molecule has 4 aliphatic rings. The van der Waals surface area contributed by atoms with Gasteiger partial charge in [-0.3, -0.25) is 4.79 Å². The van der Waals surface area contributed by atoms with Gasteiger partial charge < -0.3 is 0 Å². The molecule has 5 heteroatoms. The molecule has 3 aliphatic carbocycles. The Kier molecular flexibility index (Phi) is 2.46. The molecule has 1 nitrogen and oxygen atoms in total. The second kappa shape index (κ2) is 3.60. The molecule has 1 aromatic heterocycles. The van der Waals surface area contributed by atoms with Gasteiger partial charge in [-0.1, -0.05) is 36.5 Å². The molecular weight excluding hydrogens is 300 g/mol. The zero-order chi connectivity index (χ0) is 12.7. The van der Waals surface area contributed by atoms with Crippen molar-refractivity contribution in [1.82, 2.24) is 0 Å². The van der Waals surface area contributed by atoms with Crippen LogP contribution in [0.15, 0.2) is 13.2 Å². The van der Waals surface area contributed by atoms with E-state index in [2.05, 4.69) is 20.8 Å². The van der Waals surface area contributed by atoms with Gasteiger partial charge in [0.05, 0.1) is 8.42 Å². The van der Waals surface area contributed by atoms with Crippen LogP contribution in [-0.2, 0) is 0 Å². The Labute approximate surface area is 124 Å². The fourth-order valence-corrected chi connectivity index (χ4v) is 10.9. The van der Waals surface area contributed by atoms with Gasteiger partial charge in [0, 0.05) is 10.00 Å². The maximum absolute atomic E-state index is 11.6. The normalized spacial score (nSPS) is 43.8. The first kappa shape index (κ1) is 12.3. The Hall–Kier alpha value is 0.550. The molecule has 5 rings (SSSR count). The smallest absolute Gasteiger partial charge is 0.265 e. The molecule has 1 aromatic rings. The number of hydrogen-bond acceptors (Lipinski definition) is 5. The van der Waals surface area contributed by atoms with E-state index < -0.39 is 0 Å². The predicted octanol–water partition coefficient (Wildman–Crippen LogP) is 4.56. The van der Waals surface area contributed by atoms with Crippen molar-refractivity contribution < 1.29 is 0 Å². The lowest BCUT2D eigenvalue weighted by Crippen LogP contribution is -2.64. The number of thioether (sulfide) groups is 2. The first-order valence-electron chi connectivity index (χ1n) is 6.41. The Morgan fingerprint density at radius 1 is 1.11 bits per heavy atom. The highest BCUT2D eigenvalue weighted by molar-refractivity contribution is 8.09. The molecule has 2 bridgehead atoms. The Bertz CT molecular complexity index is 572. The first-order valence-corrected chi connectivity index (χ1v) is 9.74. The van der Waals surface area contributed by atoms with E-state index in [9.17, 15) is 4.79 Å². The predicted molar refractivity (Wildman–Crippen MR) is 82.4 cm³/mol. The summed E-state index contributed by atoms with van der Waals surface area (Å²) < 4.78 is 3.22. The van der Waals surface area contributed by atoms with Crippen molar-refractivity contribution in [2.45, 2.75) is 52.0 Å². The van der Waals surface area contributed by atoms with Crippen molar-refractivity contribution >= 4 is 46.2 Å². The quantitative estimate of drug-likeness (QED) is 0.698. The lowest BCUT2D eigenvalue weighted by molar-refractivity contribution is -0.0818. The molecule has 3 saturated carbocycles. The van der Waals surface area contributed by atoms with Crippen LogP contribution in [-0.4, -0.2) is 10.00 Å². The summed E-state index contributed by atoms with van der Waals surface area (Å²) in [7, 11) is 0. The summed E-state index contributed by atoms with van der Waals surface area (Å²) in [6.45, 7) is 7.35. The minimum absolute atomic E-state index is 0.272. The van der Waals surface area contributed by atoms with E-state index in [4.69, 9.17) is 0 Å². The van der Waals surface area contributed by atoms with Crippen LogP contribution in [0.5, 0.6) is 0 Å². The third-order valence-corrected chi connectivity index (χ3v) is 11.5. The highest BCUT2D eigenvalue weighted by atomic mass is 32.2. The molecule has 0 saturated heterocycles. The van der Waals surface area contributed by atoms with Crippen molar-refractivity contribution in [3.8, 4) is 0 Å². The Morgan fingerprint density at radius 2 is 1.83 bits per heavy atom. The second-order valence-electron chi connectivity index (χ2n) is 6.46. The van der Waals surface area contributed by atoms with Crippen LogP contribution in [0.3, 0.4) is 0 Å². The van der Waals surface area contributed by atoms with Crippen molar-refractivity contribution in [2.75, 3.05) is 0 Å². The van der Waals surface area contributed by atoms with Gasteiger partial charge >= 0.3 is 0 Å². The molecule has 18 heavy (non-hydrogen) atoms. The van der Waals surface area contributed by atoms with Crippen LogP contribution in [0.1, 0.15) is 33.6 Å². The maximum atomic E-state index is 11.6. The van der Waals surface area contributed by atoms with Crippen LogP contribution >= 0.6 is 46.2 Å². The van der Waals surface area contributed by atoms with Gasteiger partial charge in [0.15, 0.2) is 0 Å². The zero-order valence-electron chi connectivity index (χ0n) is 10.7. The van der Waals surface area contributed by atoms with Crippen molar-refractivity contribution in [1.29, 1.82) is 0 Å². The van der Waals surface area contributed by atoms with Crippen molar-refractivity contribution in [3.63, 3.8) is 0 Å². The molecule has 1 aliphatic heterocycles. The molecule has 98 valence electrons. The molecule has 4 atom stereocenters. The largest absolute Gasteiger partial charge is 0.289 e. The number of hydrogen-bond donors (Lipinski definition) is 0. The molecule has 0 spiro atoms. The van der Waals surface area contributed by atoms with Gasteiger partial charge in [-0.25, -0.2) is 0 Å². The molecular formula is C13H16OS4. The average Bonchev–Trinajstić information content (AvgIpc) is 2.62. The van der Waals surface area contributed by atoms with Crippen LogP contribution in [0.25, 0.3) is 0 Å². The Balaban J connectivity index is 1.79. The minimum atomic E-state index is 0.272. The summed E-state index contributed by atoms with van der Waals surface area (Å²) >= 11 is 6.96. The molecule has 0 amide bonds. The standard InChI is InChI=1S/C13H16OS4/c1-12(2)6-4-7(12)13(3)8(5-6)15-9-10(18-13)17-11(14)16-9/h6-8H,4-5H2,1-3H3/t6-,7-,8+,13-/m1/s1. The van der Waals surface area contributed by atoms with Crippen LogP contribution in [0, 0.1) is 17.3 Å². The van der Waals surface area contributed by atoms with E-state index in [1.807, 2.05) is 23.5 Å². The van der Waals surface area contributed by atoms with Gasteiger partial charge in [0.1, 0.15) is 0 Å². The third kappa shape index (κ3) is 1.40. The maximum Gasteiger partial charge on any atom is 0.289 e. The van der Waals surface area contributed by atoms with Crippen LogP contribution < -0.4 is 4.06 Å². The van der Waals surface area contributed by atoms with Crippen LogP contribution in [0.2, 0.25) is 0 Å². The fraction of sp³-hybridized carbons (Fsp3) is 0.769. The highest BCUT2D eigenvalue weighted by Crippen LogP contribution is 2.72. The summed E-state index contributed by atoms with van der Waals surface area (Å²) in [4.78, 5) is 11.6. The molecule has 2 heterocycles. The molecule has 0 radical (unpaired) electrons. The minimum Gasteiger partial charge on any atom is -0.265 e. The molecule has 0 aromatic carbocycles. The van der Waals surface area contributed by atoms with Gasteiger partial charge in [0.2, 0.25) is 0 Å². The Morgan fingerprint density at radius 3 is 2.56 bits per heavy atom. The summed E-state index contributed by atoms with van der Waals surface area (Å²) in [6.07, 6.45) is 2.75. The summed E-state index contributed by atoms with van der Waals surface area (Å²) in [6, 6.07) is 0. The van der Waals surface area contributed by atoms with Crippen molar-refractivity contribution in [3.05, 3.63) is 8.85 Å². The number of rotatable bonds is 0. The van der Waals surface area contributed by atoms with Crippen molar-refractivity contribution in [2.24, 2.45) is 17.3 Å². The molecule has 0 N–H and O–H groups in total. The SMILES string of the molecule is CC1(C)[C@H]2C[C@@H]3Sc4sc(=O)sc4S[C@]3(C)[C@@H]1C2. The fourth-order valence-electron chi connectivity index (χ4n) is 4.13.